The van der Waals surface area contributed by atoms with Crippen LogP contribution in [0.25, 0.3) is 0 Å². The van der Waals surface area contributed by atoms with Crippen LogP contribution in [-0.4, -0.2) is 41.1 Å². The molecule has 5 heteroatoms. The summed E-state index contributed by atoms with van der Waals surface area (Å²) < 4.78 is 11.4. The van der Waals surface area contributed by atoms with E-state index in [1.54, 1.807) is 0 Å². The Morgan fingerprint density at radius 1 is 1.30 bits per heavy atom. The number of carbonyl (C=O) groups is 2. The molecule has 0 saturated carbocycles. The van der Waals surface area contributed by atoms with Crippen molar-refractivity contribution >= 4 is 11.9 Å². The standard InChI is InChI=1S/C18H23NO4/c1-12(20)16-14-9-18(2,3)23-15(14)10-19(16)17(21)22-11-13-7-5-4-6-8-13/h4-8,14-16H,9-11H2,1-3H3/t14-,15?,16?/m0/s1. The van der Waals surface area contributed by atoms with Gasteiger partial charge in [-0.2, -0.15) is 0 Å². The predicted molar refractivity (Wildman–Crippen MR) is 84.9 cm³/mol. The van der Waals surface area contributed by atoms with Gasteiger partial charge in [-0.3, -0.25) is 9.69 Å². The summed E-state index contributed by atoms with van der Waals surface area (Å²) in [5.41, 5.74) is 0.695. The van der Waals surface area contributed by atoms with Gasteiger partial charge in [0.2, 0.25) is 0 Å². The molecule has 2 unspecified atom stereocenters. The lowest BCUT2D eigenvalue weighted by molar-refractivity contribution is -0.122. The van der Waals surface area contributed by atoms with Crippen molar-refractivity contribution in [2.45, 2.75) is 51.5 Å². The molecular weight excluding hydrogens is 294 g/mol. The quantitative estimate of drug-likeness (QED) is 0.860. The molecule has 0 aliphatic carbocycles. The first kappa shape index (κ1) is 16.0. The highest BCUT2D eigenvalue weighted by molar-refractivity contribution is 5.86. The lowest BCUT2D eigenvalue weighted by atomic mass is 9.89. The number of ketones is 1. The zero-order valence-corrected chi connectivity index (χ0v) is 13.8. The fraction of sp³-hybridized carbons (Fsp3) is 0.556. The Morgan fingerprint density at radius 3 is 2.65 bits per heavy atom. The van der Waals surface area contributed by atoms with Crippen molar-refractivity contribution in [3.63, 3.8) is 0 Å². The summed E-state index contributed by atoms with van der Waals surface area (Å²) in [6.45, 7) is 6.23. The third-order valence-electron chi connectivity index (χ3n) is 4.65. The number of amides is 1. The molecule has 3 atom stereocenters. The first-order valence-electron chi connectivity index (χ1n) is 8.03. The molecule has 0 spiro atoms. The minimum atomic E-state index is -0.440. The van der Waals surface area contributed by atoms with Crippen molar-refractivity contribution in [3.05, 3.63) is 35.9 Å². The first-order valence-corrected chi connectivity index (χ1v) is 8.03. The molecule has 2 saturated heterocycles. The van der Waals surface area contributed by atoms with E-state index in [2.05, 4.69) is 0 Å². The molecule has 3 rings (SSSR count). The number of benzene rings is 1. The molecule has 23 heavy (non-hydrogen) atoms. The molecule has 2 fully saturated rings. The van der Waals surface area contributed by atoms with Gasteiger partial charge < -0.3 is 9.47 Å². The van der Waals surface area contributed by atoms with Crippen molar-refractivity contribution in [2.75, 3.05) is 6.54 Å². The summed E-state index contributed by atoms with van der Waals surface area (Å²) in [4.78, 5) is 26.0. The second kappa shape index (κ2) is 5.96. The Labute approximate surface area is 136 Å². The Kier molecular flexibility index (Phi) is 4.15. The van der Waals surface area contributed by atoms with Crippen LogP contribution in [0.15, 0.2) is 30.3 Å². The summed E-state index contributed by atoms with van der Waals surface area (Å²) >= 11 is 0. The number of likely N-dealkylation sites (tertiary alicyclic amines) is 1. The normalized spacial score (nSPS) is 28.5. The fourth-order valence-corrected chi connectivity index (χ4v) is 3.78. The summed E-state index contributed by atoms with van der Waals surface area (Å²) in [5, 5.41) is 0. The third kappa shape index (κ3) is 3.24. The van der Waals surface area contributed by atoms with Crippen LogP contribution < -0.4 is 0 Å². The van der Waals surface area contributed by atoms with Gasteiger partial charge in [-0.05, 0) is 32.8 Å². The topological polar surface area (TPSA) is 55.8 Å². The smallest absolute Gasteiger partial charge is 0.410 e. The lowest BCUT2D eigenvalue weighted by Gasteiger charge is -2.27. The average molecular weight is 317 g/mol. The summed E-state index contributed by atoms with van der Waals surface area (Å²) in [5.74, 6) is 0.0576. The van der Waals surface area contributed by atoms with E-state index in [1.165, 1.54) is 11.8 Å². The Morgan fingerprint density at radius 2 is 2.00 bits per heavy atom. The molecule has 5 nitrogen and oxygen atoms in total. The maximum Gasteiger partial charge on any atom is 0.410 e. The summed E-state index contributed by atoms with van der Waals surface area (Å²) in [6, 6.07) is 9.08. The largest absolute Gasteiger partial charge is 0.445 e. The number of carbonyl (C=O) groups excluding carboxylic acids is 2. The monoisotopic (exact) mass is 317 g/mol. The number of nitrogens with zero attached hydrogens (tertiary/aromatic N) is 1. The van der Waals surface area contributed by atoms with E-state index in [1.807, 2.05) is 44.2 Å². The SMILES string of the molecule is CC(=O)C1[C@H]2CC(C)(C)OC2CN1C(=O)OCc1ccccc1. The molecule has 2 aliphatic rings. The van der Waals surface area contributed by atoms with Crippen LogP contribution in [0.5, 0.6) is 0 Å². The lowest BCUT2D eigenvalue weighted by Crippen LogP contribution is -2.43. The molecule has 1 aromatic carbocycles. The van der Waals surface area contributed by atoms with E-state index in [4.69, 9.17) is 9.47 Å². The summed E-state index contributed by atoms with van der Waals surface area (Å²) in [7, 11) is 0. The maximum atomic E-state index is 12.4. The second-order valence-electron chi connectivity index (χ2n) is 7.03. The minimum Gasteiger partial charge on any atom is -0.445 e. The van der Waals surface area contributed by atoms with Crippen molar-refractivity contribution < 1.29 is 19.1 Å². The zero-order chi connectivity index (χ0) is 16.6. The molecule has 124 valence electrons. The number of hydrogen-bond donors (Lipinski definition) is 0. The molecule has 0 bridgehead atoms. The minimum absolute atomic E-state index is 0.00420. The van der Waals surface area contributed by atoms with E-state index in [0.29, 0.717) is 6.54 Å². The highest BCUT2D eigenvalue weighted by Crippen LogP contribution is 2.43. The van der Waals surface area contributed by atoms with Crippen LogP contribution in [0.2, 0.25) is 0 Å². The van der Waals surface area contributed by atoms with Gasteiger partial charge in [0.15, 0.2) is 5.78 Å². The molecular formula is C18H23NO4. The Hall–Kier alpha value is -1.88. The van der Waals surface area contributed by atoms with Gasteiger partial charge in [-0.1, -0.05) is 30.3 Å². The van der Waals surface area contributed by atoms with Gasteiger partial charge in [0.1, 0.15) is 6.61 Å². The first-order chi connectivity index (χ1) is 10.9. The van der Waals surface area contributed by atoms with E-state index < -0.39 is 12.1 Å². The number of ether oxygens (including phenoxy) is 2. The van der Waals surface area contributed by atoms with Crippen molar-refractivity contribution in [1.29, 1.82) is 0 Å². The second-order valence-corrected chi connectivity index (χ2v) is 7.03. The highest BCUT2D eigenvalue weighted by atomic mass is 16.6. The molecule has 0 radical (unpaired) electrons. The van der Waals surface area contributed by atoms with Crippen LogP contribution >= 0.6 is 0 Å². The van der Waals surface area contributed by atoms with Gasteiger partial charge in [0.25, 0.3) is 0 Å². The van der Waals surface area contributed by atoms with Crippen LogP contribution in [0.4, 0.5) is 4.79 Å². The zero-order valence-electron chi connectivity index (χ0n) is 13.8. The van der Waals surface area contributed by atoms with Crippen LogP contribution in [-0.2, 0) is 20.9 Å². The Bertz CT molecular complexity index is 598. The van der Waals surface area contributed by atoms with Crippen LogP contribution in [0, 0.1) is 5.92 Å². The third-order valence-corrected chi connectivity index (χ3v) is 4.65. The van der Waals surface area contributed by atoms with Gasteiger partial charge in [0.05, 0.1) is 24.3 Å². The van der Waals surface area contributed by atoms with Crippen molar-refractivity contribution in [3.8, 4) is 0 Å². The number of fused-ring (bicyclic) bond motifs is 1. The number of rotatable bonds is 3. The fourth-order valence-electron chi connectivity index (χ4n) is 3.78. The maximum absolute atomic E-state index is 12.4. The average Bonchev–Trinajstić information content (AvgIpc) is 2.97. The van der Waals surface area contributed by atoms with Crippen molar-refractivity contribution in [1.82, 2.24) is 4.90 Å². The number of hydrogen-bond acceptors (Lipinski definition) is 4. The molecule has 2 aliphatic heterocycles. The predicted octanol–water partition coefficient (Wildman–Crippen LogP) is 2.78. The highest BCUT2D eigenvalue weighted by Gasteiger charge is 2.54. The Balaban J connectivity index is 1.67. The van der Waals surface area contributed by atoms with E-state index in [-0.39, 0.29) is 30.0 Å². The van der Waals surface area contributed by atoms with E-state index >= 15 is 0 Å². The molecule has 1 aromatic rings. The van der Waals surface area contributed by atoms with E-state index in [9.17, 15) is 9.59 Å². The van der Waals surface area contributed by atoms with Gasteiger partial charge >= 0.3 is 6.09 Å². The molecule has 0 N–H and O–H groups in total. The van der Waals surface area contributed by atoms with E-state index in [0.717, 1.165) is 12.0 Å². The van der Waals surface area contributed by atoms with Gasteiger partial charge in [-0.15, -0.1) is 0 Å². The van der Waals surface area contributed by atoms with Crippen LogP contribution in [0.1, 0.15) is 32.8 Å². The van der Waals surface area contributed by atoms with Crippen LogP contribution in [0.3, 0.4) is 0 Å². The number of Topliss-reactive ketones (excluding diaryl/α,β-unsaturated/α-hetero) is 1. The molecule has 2 heterocycles. The molecule has 1 amide bonds. The molecule has 0 aromatic heterocycles. The van der Waals surface area contributed by atoms with Gasteiger partial charge in [0, 0.05) is 5.92 Å². The summed E-state index contributed by atoms with van der Waals surface area (Å²) in [6.07, 6.45) is 0.262. The van der Waals surface area contributed by atoms with Gasteiger partial charge in [-0.25, -0.2) is 4.79 Å². The van der Waals surface area contributed by atoms with Crippen molar-refractivity contribution in [2.24, 2.45) is 5.92 Å².